The molecule has 4 heteroatoms. The van der Waals surface area contributed by atoms with Gasteiger partial charge in [0.15, 0.2) is 5.78 Å². The first-order valence-corrected chi connectivity index (χ1v) is 5.14. The van der Waals surface area contributed by atoms with Crippen LogP contribution in [0.4, 0.5) is 4.39 Å². The number of Topliss-reactive ketones (excluding diaryl/α,β-unsaturated/α-hetero) is 1. The van der Waals surface area contributed by atoms with Crippen LogP contribution in [0.25, 0.3) is 10.9 Å². The Balaban J connectivity index is 2.95. The Labute approximate surface area is 97.1 Å². The molecule has 0 spiro atoms. The van der Waals surface area contributed by atoms with Crippen molar-refractivity contribution in [3.63, 3.8) is 0 Å². The maximum atomic E-state index is 13.3. The molecule has 0 aliphatic heterocycles. The first kappa shape index (κ1) is 11.0. The van der Waals surface area contributed by atoms with Crippen molar-refractivity contribution in [2.24, 2.45) is 0 Å². The Hall–Kier alpha value is -1.48. The highest BCUT2D eigenvalue weighted by Gasteiger charge is 2.12. The van der Waals surface area contributed by atoms with Crippen molar-refractivity contribution >= 4 is 28.3 Å². The standard InChI is InChI=1S/C12H9ClFNO/c1-6-3-11(13)10-5-8(14)4-9(7(2)16)12(10)15-6/h3-5H,1-2H3. The topological polar surface area (TPSA) is 30.0 Å². The number of nitrogens with zero attached hydrogens (tertiary/aromatic N) is 1. The van der Waals surface area contributed by atoms with E-state index >= 15 is 0 Å². The number of benzene rings is 1. The first-order valence-electron chi connectivity index (χ1n) is 4.76. The number of halogens is 2. The van der Waals surface area contributed by atoms with Crippen LogP contribution in [0.2, 0.25) is 5.02 Å². The lowest BCUT2D eigenvalue weighted by atomic mass is 10.1. The molecule has 0 atom stereocenters. The summed E-state index contributed by atoms with van der Waals surface area (Å²) >= 11 is 5.99. The number of rotatable bonds is 1. The zero-order chi connectivity index (χ0) is 11.9. The van der Waals surface area contributed by atoms with Gasteiger partial charge < -0.3 is 0 Å². The minimum atomic E-state index is -0.481. The van der Waals surface area contributed by atoms with Gasteiger partial charge in [-0.05, 0) is 32.0 Å². The monoisotopic (exact) mass is 237 g/mol. The number of pyridine rings is 1. The van der Waals surface area contributed by atoms with Gasteiger partial charge >= 0.3 is 0 Å². The van der Waals surface area contributed by atoms with Crippen LogP contribution in [0.1, 0.15) is 23.0 Å². The third-order valence-electron chi connectivity index (χ3n) is 2.34. The molecule has 0 saturated carbocycles. The molecule has 1 heterocycles. The minimum Gasteiger partial charge on any atom is -0.294 e. The van der Waals surface area contributed by atoms with Crippen LogP contribution in [0.3, 0.4) is 0 Å². The Morgan fingerprint density at radius 2 is 2.06 bits per heavy atom. The van der Waals surface area contributed by atoms with Crippen molar-refractivity contribution in [2.75, 3.05) is 0 Å². The number of carbonyl (C=O) groups excluding carboxylic acids is 1. The summed E-state index contributed by atoms with van der Waals surface area (Å²) in [4.78, 5) is 15.6. The Kier molecular flexibility index (Phi) is 2.64. The van der Waals surface area contributed by atoms with Crippen LogP contribution in [0.5, 0.6) is 0 Å². The fourth-order valence-electron chi connectivity index (χ4n) is 1.64. The fraction of sp³-hybridized carbons (Fsp3) is 0.167. The summed E-state index contributed by atoms with van der Waals surface area (Å²) in [5.74, 6) is -0.705. The second-order valence-corrected chi connectivity index (χ2v) is 4.06. The molecule has 0 bridgehead atoms. The maximum absolute atomic E-state index is 13.3. The maximum Gasteiger partial charge on any atom is 0.162 e. The van der Waals surface area contributed by atoms with E-state index in [1.807, 2.05) is 0 Å². The van der Waals surface area contributed by atoms with E-state index in [2.05, 4.69) is 4.98 Å². The molecule has 0 unspecified atom stereocenters. The fourth-order valence-corrected chi connectivity index (χ4v) is 1.94. The average Bonchev–Trinajstić information content (AvgIpc) is 2.18. The normalized spacial score (nSPS) is 10.8. The highest BCUT2D eigenvalue weighted by molar-refractivity contribution is 6.35. The smallest absolute Gasteiger partial charge is 0.162 e. The molecule has 1 aromatic carbocycles. The summed E-state index contributed by atoms with van der Waals surface area (Å²) in [5, 5.41) is 0.877. The summed E-state index contributed by atoms with van der Waals surface area (Å²) in [5.41, 5.74) is 1.42. The molecule has 2 nitrogen and oxygen atoms in total. The van der Waals surface area contributed by atoms with Gasteiger partial charge in [-0.25, -0.2) is 4.39 Å². The van der Waals surface area contributed by atoms with E-state index in [-0.39, 0.29) is 11.3 Å². The summed E-state index contributed by atoms with van der Waals surface area (Å²) in [6.45, 7) is 3.16. The van der Waals surface area contributed by atoms with Gasteiger partial charge in [0.05, 0.1) is 10.5 Å². The molecule has 0 aliphatic rings. The molecule has 0 saturated heterocycles. The number of hydrogen-bond donors (Lipinski definition) is 0. The lowest BCUT2D eigenvalue weighted by Gasteiger charge is -2.06. The Bertz CT molecular complexity index is 595. The third kappa shape index (κ3) is 1.78. The van der Waals surface area contributed by atoms with Gasteiger partial charge in [0.1, 0.15) is 5.82 Å². The van der Waals surface area contributed by atoms with Crippen LogP contribution >= 0.6 is 11.6 Å². The minimum absolute atomic E-state index is 0.223. The van der Waals surface area contributed by atoms with Crippen molar-refractivity contribution in [2.45, 2.75) is 13.8 Å². The van der Waals surface area contributed by atoms with Crippen LogP contribution < -0.4 is 0 Å². The molecule has 1 aromatic heterocycles. The largest absolute Gasteiger partial charge is 0.294 e. The second kappa shape index (κ2) is 3.83. The lowest BCUT2D eigenvalue weighted by Crippen LogP contribution is -1.98. The van der Waals surface area contributed by atoms with E-state index in [4.69, 9.17) is 11.6 Å². The first-order chi connectivity index (χ1) is 7.49. The molecule has 0 aliphatic carbocycles. The molecule has 2 rings (SSSR count). The van der Waals surface area contributed by atoms with Crippen molar-refractivity contribution in [3.05, 3.63) is 40.3 Å². The van der Waals surface area contributed by atoms with Crippen molar-refractivity contribution < 1.29 is 9.18 Å². The van der Waals surface area contributed by atoms with Gasteiger partial charge in [-0.15, -0.1) is 0 Å². The van der Waals surface area contributed by atoms with Gasteiger partial charge in [0.25, 0.3) is 0 Å². The van der Waals surface area contributed by atoms with Crippen molar-refractivity contribution in [1.82, 2.24) is 4.98 Å². The summed E-state index contributed by atoms with van der Waals surface area (Å²) in [6.07, 6.45) is 0. The highest BCUT2D eigenvalue weighted by atomic mass is 35.5. The molecule has 0 radical (unpaired) electrons. The molecule has 0 N–H and O–H groups in total. The number of aryl methyl sites for hydroxylation is 1. The van der Waals surface area contributed by atoms with Gasteiger partial charge in [-0.2, -0.15) is 0 Å². The summed E-state index contributed by atoms with van der Waals surface area (Å²) in [7, 11) is 0. The molecule has 82 valence electrons. The molecule has 0 fully saturated rings. The molecule has 0 amide bonds. The quantitative estimate of drug-likeness (QED) is 0.710. The third-order valence-corrected chi connectivity index (χ3v) is 2.65. The number of aromatic nitrogens is 1. The van der Waals surface area contributed by atoms with Crippen LogP contribution in [0.15, 0.2) is 18.2 Å². The number of fused-ring (bicyclic) bond motifs is 1. The summed E-state index contributed by atoms with van der Waals surface area (Å²) in [6, 6.07) is 4.12. The Morgan fingerprint density at radius 3 is 2.69 bits per heavy atom. The SMILES string of the molecule is CC(=O)c1cc(F)cc2c(Cl)cc(C)nc12. The van der Waals surface area contributed by atoms with Crippen molar-refractivity contribution in [1.29, 1.82) is 0 Å². The lowest BCUT2D eigenvalue weighted by molar-refractivity contribution is 0.101. The summed E-state index contributed by atoms with van der Waals surface area (Å²) < 4.78 is 13.3. The number of ketones is 1. The van der Waals surface area contributed by atoms with Crippen LogP contribution in [-0.2, 0) is 0 Å². The number of hydrogen-bond acceptors (Lipinski definition) is 2. The molecule has 16 heavy (non-hydrogen) atoms. The van der Waals surface area contributed by atoms with Crippen LogP contribution in [0, 0.1) is 12.7 Å². The highest BCUT2D eigenvalue weighted by Crippen LogP contribution is 2.27. The molecular weight excluding hydrogens is 229 g/mol. The van der Waals surface area contributed by atoms with Gasteiger partial charge in [0.2, 0.25) is 0 Å². The predicted molar refractivity (Wildman–Crippen MR) is 61.5 cm³/mol. The predicted octanol–water partition coefficient (Wildman–Crippen LogP) is 3.54. The molecule has 2 aromatic rings. The molecular formula is C12H9ClFNO. The van der Waals surface area contributed by atoms with E-state index < -0.39 is 5.82 Å². The Morgan fingerprint density at radius 1 is 1.38 bits per heavy atom. The van der Waals surface area contributed by atoms with Gasteiger partial charge in [-0.3, -0.25) is 9.78 Å². The van der Waals surface area contributed by atoms with Crippen molar-refractivity contribution in [3.8, 4) is 0 Å². The van der Waals surface area contributed by atoms with E-state index in [9.17, 15) is 9.18 Å². The zero-order valence-electron chi connectivity index (χ0n) is 8.84. The number of carbonyl (C=O) groups is 1. The van der Waals surface area contributed by atoms with E-state index in [0.29, 0.717) is 21.6 Å². The van der Waals surface area contributed by atoms with E-state index in [1.165, 1.54) is 19.1 Å². The van der Waals surface area contributed by atoms with Gasteiger partial charge in [0, 0.05) is 16.6 Å². The zero-order valence-corrected chi connectivity index (χ0v) is 9.60. The average molecular weight is 238 g/mol. The second-order valence-electron chi connectivity index (χ2n) is 3.65. The van der Waals surface area contributed by atoms with Gasteiger partial charge in [-0.1, -0.05) is 11.6 Å². The van der Waals surface area contributed by atoms with E-state index in [0.717, 1.165) is 0 Å². The van der Waals surface area contributed by atoms with Crippen LogP contribution in [-0.4, -0.2) is 10.8 Å². The van der Waals surface area contributed by atoms with E-state index in [1.54, 1.807) is 13.0 Å².